The third-order valence-corrected chi connectivity index (χ3v) is 2.87. The Bertz CT molecular complexity index is 726. The van der Waals surface area contributed by atoms with Gasteiger partial charge in [-0.25, -0.2) is 0 Å². The number of phenolic OH excluding ortho intramolecular Hbond substituents is 1. The Hall–Kier alpha value is -2.77. The Labute approximate surface area is 123 Å². The van der Waals surface area contributed by atoms with Gasteiger partial charge in [0.2, 0.25) is 0 Å². The first-order chi connectivity index (χ1) is 10.1. The minimum Gasteiger partial charge on any atom is -0.507 e. The van der Waals surface area contributed by atoms with Gasteiger partial charge in [0.25, 0.3) is 5.91 Å². The van der Waals surface area contributed by atoms with Gasteiger partial charge >= 0.3 is 0 Å². The molecule has 0 aliphatic heterocycles. The number of benzene rings is 2. The Morgan fingerprint density at radius 3 is 2.76 bits per heavy atom. The topological polar surface area (TPSA) is 69.6 Å². The van der Waals surface area contributed by atoms with Crippen LogP contribution in [0.3, 0.4) is 0 Å². The Morgan fingerprint density at radius 1 is 1.24 bits per heavy atom. The van der Waals surface area contributed by atoms with E-state index in [0.29, 0.717) is 11.3 Å². The van der Waals surface area contributed by atoms with Gasteiger partial charge in [-0.15, -0.1) is 0 Å². The average Bonchev–Trinajstić information content (AvgIpc) is 2.48. The number of carbonyl (C=O) groups excluding carboxylic acids is 1. The summed E-state index contributed by atoms with van der Waals surface area (Å²) < 4.78 is 0. The number of amides is 1. The molecular formula is C17H15NO3. The van der Waals surface area contributed by atoms with E-state index >= 15 is 0 Å². The third-order valence-electron chi connectivity index (χ3n) is 2.87. The molecule has 0 aliphatic rings. The molecule has 2 aromatic carbocycles. The summed E-state index contributed by atoms with van der Waals surface area (Å²) >= 11 is 0. The quantitative estimate of drug-likeness (QED) is 0.740. The van der Waals surface area contributed by atoms with E-state index in [-0.39, 0.29) is 17.9 Å². The highest BCUT2D eigenvalue weighted by Crippen LogP contribution is 2.21. The maximum absolute atomic E-state index is 12.2. The molecule has 0 fully saturated rings. The predicted octanol–water partition coefficient (Wildman–Crippen LogP) is 2.30. The minimum atomic E-state index is -0.408. The summed E-state index contributed by atoms with van der Waals surface area (Å²) in [5.74, 6) is 4.83. The Balaban J connectivity index is 2.30. The number of anilines is 1. The average molecular weight is 281 g/mol. The van der Waals surface area contributed by atoms with Crippen molar-refractivity contribution in [2.45, 2.75) is 6.92 Å². The number of rotatable bonds is 2. The number of carbonyl (C=O) groups is 1. The van der Waals surface area contributed by atoms with E-state index in [0.717, 1.165) is 5.56 Å². The molecule has 4 heteroatoms. The summed E-state index contributed by atoms with van der Waals surface area (Å²) in [6.07, 6.45) is 0. The summed E-state index contributed by atoms with van der Waals surface area (Å²) in [5.41, 5.74) is 2.22. The van der Waals surface area contributed by atoms with Crippen LogP contribution in [0.1, 0.15) is 21.5 Å². The van der Waals surface area contributed by atoms with Crippen molar-refractivity contribution in [2.75, 3.05) is 11.9 Å². The zero-order chi connectivity index (χ0) is 15.2. The first-order valence-corrected chi connectivity index (χ1v) is 6.41. The summed E-state index contributed by atoms with van der Waals surface area (Å²) in [4.78, 5) is 12.2. The van der Waals surface area contributed by atoms with Gasteiger partial charge in [-0.1, -0.05) is 35.6 Å². The van der Waals surface area contributed by atoms with Crippen molar-refractivity contribution in [2.24, 2.45) is 0 Å². The highest BCUT2D eigenvalue weighted by atomic mass is 16.3. The Morgan fingerprint density at radius 2 is 2.00 bits per heavy atom. The fraction of sp³-hybridized carbons (Fsp3) is 0.118. The van der Waals surface area contributed by atoms with Gasteiger partial charge in [0.1, 0.15) is 12.4 Å². The fourth-order valence-corrected chi connectivity index (χ4v) is 1.86. The molecule has 0 bridgehead atoms. The number of aromatic hydroxyl groups is 1. The number of aryl methyl sites for hydroxylation is 1. The van der Waals surface area contributed by atoms with Crippen LogP contribution in [-0.2, 0) is 0 Å². The first-order valence-electron chi connectivity index (χ1n) is 6.41. The number of nitrogens with one attached hydrogen (secondary N) is 1. The van der Waals surface area contributed by atoms with Gasteiger partial charge in [-0.2, -0.15) is 0 Å². The van der Waals surface area contributed by atoms with Crippen molar-refractivity contribution >= 4 is 11.6 Å². The van der Waals surface area contributed by atoms with Gasteiger partial charge in [0.15, 0.2) is 0 Å². The van der Waals surface area contributed by atoms with E-state index in [4.69, 9.17) is 5.11 Å². The summed E-state index contributed by atoms with van der Waals surface area (Å²) in [7, 11) is 0. The molecule has 0 radical (unpaired) electrons. The molecule has 21 heavy (non-hydrogen) atoms. The van der Waals surface area contributed by atoms with E-state index in [1.54, 1.807) is 36.4 Å². The zero-order valence-corrected chi connectivity index (χ0v) is 11.6. The lowest BCUT2D eigenvalue weighted by atomic mass is 10.1. The van der Waals surface area contributed by atoms with Crippen molar-refractivity contribution in [3.63, 3.8) is 0 Å². The molecule has 0 unspecified atom stereocenters. The molecule has 0 heterocycles. The SMILES string of the molecule is Cc1ccc(O)c(C(=O)Nc2ccccc2C#CCO)c1. The van der Waals surface area contributed by atoms with Gasteiger partial charge in [-0.3, -0.25) is 4.79 Å². The number of para-hydroxylation sites is 1. The van der Waals surface area contributed by atoms with Crippen LogP contribution < -0.4 is 5.32 Å². The molecule has 0 saturated heterocycles. The maximum atomic E-state index is 12.2. The summed E-state index contributed by atoms with van der Waals surface area (Å²) in [5, 5.41) is 21.2. The smallest absolute Gasteiger partial charge is 0.259 e. The minimum absolute atomic E-state index is 0.0722. The molecule has 2 aromatic rings. The third kappa shape index (κ3) is 3.62. The highest BCUT2D eigenvalue weighted by molar-refractivity contribution is 6.06. The molecule has 3 N–H and O–H groups in total. The van der Waals surface area contributed by atoms with Crippen LogP contribution in [0.4, 0.5) is 5.69 Å². The molecule has 4 nitrogen and oxygen atoms in total. The van der Waals surface area contributed by atoms with Crippen LogP contribution in [-0.4, -0.2) is 22.7 Å². The number of hydrogen-bond donors (Lipinski definition) is 3. The van der Waals surface area contributed by atoms with Gasteiger partial charge in [0, 0.05) is 5.56 Å². The lowest BCUT2D eigenvalue weighted by Crippen LogP contribution is -2.13. The van der Waals surface area contributed by atoms with E-state index in [1.165, 1.54) is 6.07 Å². The molecule has 106 valence electrons. The number of aliphatic hydroxyl groups is 1. The molecule has 0 aliphatic carbocycles. The lowest BCUT2D eigenvalue weighted by molar-refractivity contribution is 0.102. The molecule has 1 amide bonds. The van der Waals surface area contributed by atoms with Crippen molar-refractivity contribution in [1.29, 1.82) is 0 Å². The second-order valence-corrected chi connectivity index (χ2v) is 4.48. The predicted molar refractivity (Wildman–Crippen MR) is 81.2 cm³/mol. The van der Waals surface area contributed by atoms with E-state index in [9.17, 15) is 9.90 Å². The molecule has 0 atom stereocenters. The molecule has 0 spiro atoms. The van der Waals surface area contributed by atoms with E-state index in [2.05, 4.69) is 17.2 Å². The maximum Gasteiger partial charge on any atom is 0.259 e. The molecule has 0 aromatic heterocycles. The first kappa shape index (κ1) is 14.6. The van der Waals surface area contributed by atoms with Crippen molar-refractivity contribution in [1.82, 2.24) is 0 Å². The van der Waals surface area contributed by atoms with Crippen molar-refractivity contribution in [3.05, 3.63) is 59.2 Å². The van der Waals surface area contributed by atoms with Crippen LogP contribution in [0.2, 0.25) is 0 Å². The second kappa shape index (κ2) is 6.60. The molecule has 2 rings (SSSR count). The largest absolute Gasteiger partial charge is 0.507 e. The number of phenols is 1. The lowest BCUT2D eigenvalue weighted by Gasteiger charge is -2.09. The summed E-state index contributed by atoms with van der Waals surface area (Å²) in [6.45, 7) is 1.60. The van der Waals surface area contributed by atoms with Crippen LogP contribution >= 0.6 is 0 Å². The van der Waals surface area contributed by atoms with Gasteiger partial charge in [-0.05, 0) is 31.2 Å². The fourth-order valence-electron chi connectivity index (χ4n) is 1.86. The van der Waals surface area contributed by atoms with Crippen LogP contribution in [0.5, 0.6) is 5.75 Å². The van der Waals surface area contributed by atoms with E-state index < -0.39 is 5.91 Å². The van der Waals surface area contributed by atoms with Gasteiger partial charge in [0.05, 0.1) is 11.3 Å². The normalized spacial score (nSPS) is 9.62. The second-order valence-electron chi connectivity index (χ2n) is 4.48. The summed E-state index contributed by atoms with van der Waals surface area (Å²) in [6, 6.07) is 11.9. The monoisotopic (exact) mass is 281 g/mol. The number of aliphatic hydroxyl groups excluding tert-OH is 1. The van der Waals surface area contributed by atoms with Gasteiger partial charge < -0.3 is 15.5 Å². The molecule has 0 saturated carbocycles. The van der Waals surface area contributed by atoms with Crippen molar-refractivity contribution < 1.29 is 15.0 Å². The number of hydrogen-bond acceptors (Lipinski definition) is 3. The molecular weight excluding hydrogens is 266 g/mol. The zero-order valence-electron chi connectivity index (χ0n) is 11.6. The van der Waals surface area contributed by atoms with Crippen molar-refractivity contribution in [3.8, 4) is 17.6 Å². The Kier molecular flexibility index (Phi) is 4.60. The van der Waals surface area contributed by atoms with E-state index in [1.807, 2.05) is 6.92 Å². The van der Waals surface area contributed by atoms with Crippen LogP contribution in [0, 0.1) is 18.8 Å². The van der Waals surface area contributed by atoms with Crippen LogP contribution in [0.25, 0.3) is 0 Å². The standard InChI is InChI=1S/C17H15NO3/c1-12-8-9-16(20)14(11-12)17(21)18-15-7-3-2-5-13(15)6-4-10-19/h2-3,5,7-9,11,19-20H,10H2,1H3,(H,18,21). The van der Waals surface area contributed by atoms with Crippen LogP contribution in [0.15, 0.2) is 42.5 Å². The highest BCUT2D eigenvalue weighted by Gasteiger charge is 2.12.